The Morgan fingerprint density at radius 3 is 2.68 bits per heavy atom. The maximum absolute atomic E-state index is 10.9. The molecule has 0 saturated heterocycles. The number of nitro benzene ring substituents is 1. The first-order chi connectivity index (χ1) is 9.15. The lowest BCUT2D eigenvalue weighted by Crippen LogP contribution is -2.04. The van der Waals surface area contributed by atoms with Gasteiger partial charge in [-0.05, 0) is 43.4 Å². The van der Waals surface area contributed by atoms with E-state index in [0.29, 0.717) is 5.69 Å². The van der Waals surface area contributed by atoms with E-state index in [9.17, 15) is 10.1 Å². The van der Waals surface area contributed by atoms with Crippen molar-refractivity contribution in [2.75, 3.05) is 23.9 Å². The summed E-state index contributed by atoms with van der Waals surface area (Å²) in [5.41, 5.74) is 1.71. The molecule has 5 heteroatoms. The highest BCUT2D eigenvalue weighted by molar-refractivity contribution is 7.98. The number of anilines is 1. The molecule has 0 atom stereocenters. The van der Waals surface area contributed by atoms with Gasteiger partial charge < -0.3 is 5.32 Å². The second-order valence-electron chi connectivity index (χ2n) is 4.61. The fourth-order valence-electron chi connectivity index (χ4n) is 1.89. The molecule has 0 bridgehead atoms. The highest BCUT2D eigenvalue weighted by Gasteiger charge is 2.12. The second-order valence-corrected chi connectivity index (χ2v) is 5.60. The molecule has 0 spiro atoms. The molecule has 1 aromatic rings. The Hall–Kier alpha value is -1.23. The molecule has 0 aromatic heterocycles. The summed E-state index contributed by atoms with van der Waals surface area (Å²) in [5.74, 6) is 1.22. The number of hydrogen-bond acceptors (Lipinski definition) is 4. The quantitative estimate of drug-likeness (QED) is 0.418. The summed E-state index contributed by atoms with van der Waals surface area (Å²) < 4.78 is 0. The van der Waals surface area contributed by atoms with Crippen LogP contribution in [0.5, 0.6) is 0 Å². The molecule has 1 N–H and O–H groups in total. The average Bonchev–Trinajstić information content (AvgIpc) is 2.39. The highest BCUT2D eigenvalue weighted by Crippen LogP contribution is 2.25. The molecule has 0 saturated carbocycles. The molecule has 19 heavy (non-hydrogen) atoms. The van der Waals surface area contributed by atoms with Gasteiger partial charge in [0, 0.05) is 12.6 Å². The molecule has 0 fully saturated rings. The SMILES string of the molecule is CSCCCCCCNc1ccc(C)cc1[N+](=O)[O-]. The van der Waals surface area contributed by atoms with E-state index in [-0.39, 0.29) is 10.6 Å². The molecule has 4 nitrogen and oxygen atoms in total. The van der Waals surface area contributed by atoms with Crippen molar-refractivity contribution in [3.05, 3.63) is 33.9 Å². The number of nitro groups is 1. The van der Waals surface area contributed by atoms with Gasteiger partial charge in [-0.25, -0.2) is 0 Å². The molecule has 0 aliphatic carbocycles. The molecule has 0 aliphatic rings. The van der Waals surface area contributed by atoms with Crippen molar-refractivity contribution >= 4 is 23.1 Å². The van der Waals surface area contributed by atoms with Gasteiger partial charge in [0.2, 0.25) is 0 Å². The number of nitrogens with zero attached hydrogens (tertiary/aromatic N) is 1. The normalized spacial score (nSPS) is 10.4. The third-order valence-electron chi connectivity index (χ3n) is 2.94. The van der Waals surface area contributed by atoms with Crippen LogP contribution in [0.2, 0.25) is 0 Å². The number of unbranched alkanes of at least 4 members (excludes halogenated alkanes) is 3. The number of nitrogens with one attached hydrogen (secondary N) is 1. The van der Waals surface area contributed by atoms with Crippen LogP contribution in [0.15, 0.2) is 18.2 Å². The minimum absolute atomic E-state index is 0.169. The van der Waals surface area contributed by atoms with Crippen molar-refractivity contribution in [2.24, 2.45) is 0 Å². The molecule has 0 unspecified atom stereocenters. The number of thioether (sulfide) groups is 1. The first-order valence-corrected chi connectivity index (χ1v) is 8.02. The first kappa shape index (κ1) is 15.8. The van der Waals surface area contributed by atoms with Gasteiger partial charge in [-0.3, -0.25) is 10.1 Å². The summed E-state index contributed by atoms with van der Waals surface area (Å²) in [6.07, 6.45) is 6.84. The van der Waals surface area contributed by atoms with Gasteiger partial charge in [0.15, 0.2) is 0 Å². The smallest absolute Gasteiger partial charge is 0.292 e. The van der Waals surface area contributed by atoms with Crippen LogP contribution >= 0.6 is 11.8 Å². The molecule has 0 aliphatic heterocycles. The minimum Gasteiger partial charge on any atom is -0.379 e. The lowest BCUT2D eigenvalue weighted by atomic mass is 10.1. The van der Waals surface area contributed by atoms with E-state index in [1.54, 1.807) is 12.1 Å². The summed E-state index contributed by atoms with van der Waals surface area (Å²) in [4.78, 5) is 10.6. The van der Waals surface area contributed by atoms with Crippen LogP contribution in [0, 0.1) is 17.0 Å². The Balaban J connectivity index is 2.35. The zero-order valence-electron chi connectivity index (χ0n) is 11.6. The second kappa shape index (κ2) is 8.80. The Bertz CT molecular complexity index is 410. The Morgan fingerprint density at radius 2 is 2.00 bits per heavy atom. The van der Waals surface area contributed by atoms with Gasteiger partial charge in [0.25, 0.3) is 5.69 Å². The number of rotatable bonds is 9. The lowest BCUT2D eigenvalue weighted by Gasteiger charge is -2.07. The largest absolute Gasteiger partial charge is 0.379 e. The van der Waals surface area contributed by atoms with Crippen molar-refractivity contribution in [2.45, 2.75) is 32.6 Å². The number of aryl methyl sites for hydroxylation is 1. The van der Waals surface area contributed by atoms with Crippen LogP contribution in [0.1, 0.15) is 31.2 Å². The minimum atomic E-state index is -0.326. The van der Waals surface area contributed by atoms with E-state index in [4.69, 9.17) is 0 Å². The summed E-state index contributed by atoms with van der Waals surface area (Å²) in [5, 5.41) is 14.1. The Morgan fingerprint density at radius 1 is 1.26 bits per heavy atom. The number of hydrogen-bond donors (Lipinski definition) is 1. The van der Waals surface area contributed by atoms with E-state index >= 15 is 0 Å². The van der Waals surface area contributed by atoms with Crippen LogP contribution in [-0.2, 0) is 0 Å². The van der Waals surface area contributed by atoms with E-state index in [1.807, 2.05) is 24.8 Å². The summed E-state index contributed by atoms with van der Waals surface area (Å²) in [6, 6.07) is 5.30. The lowest BCUT2D eigenvalue weighted by molar-refractivity contribution is -0.384. The summed E-state index contributed by atoms with van der Waals surface area (Å²) >= 11 is 1.88. The van der Waals surface area contributed by atoms with Gasteiger partial charge in [-0.15, -0.1) is 0 Å². The molecule has 1 rings (SSSR count). The first-order valence-electron chi connectivity index (χ1n) is 6.63. The highest BCUT2D eigenvalue weighted by atomic mass is 32.2. The van der Waals surface area contributed by atoms with Crippen LogP contribution in [-0.4, -0.2) is 23.5 Å². The average molecular weight is 282 g/mol. The molecular formula is C14H22N2O2S. The Kier molecular flexibility index (Phi) is 7.33. The van der Waals surface area contributed by atoms with E-state index in [1.165, 1.54) is 25.0 Å². The monoisotopic (exact) mass is 282 g/mol. The maximum atomic E-state index is 10.9. The van der Waals surface area contributed by atoms with Crippen LogP contribution in [0.4, 0.5) is 11.4 Å². The van der Waals surface area contributed by atoms with Gasteiger partial charge in [0.05, 0.1) is 4.92 Å². The van der Waals surface area contributed by atoms with Gasteiger partial charge in [-0.2, -0.15) is 11.8 Å². The fourth-order valence-corrected chi connectivity index (χ4v) is 2.38. The van der Waals surface area contributed by atoms with Crippen molar-refractivity contribution < 1.29 is 4.92 Å². The van der Waals surface area contributed by atoms with Gasteiger partial charge in [-0.1, -0.05) is 18.9 Å². The molecule has 0 heterocycles. The van der Waals surface area contributed by atoms with Crippen molar-refractivity contribution in [3.63, 3.8) is 0 Å². The van der Waals surface area contributed by atoms with E-state index in [0.717, 1.165) is 18.5 Å². The molecular weight excluding hydrogens is 260 g/mol. The topological polar surface area (TPSA) is 55.2 Å². The summed E-state index contributed by atoms with van der Waals surface area (Å²) in [7, 11) is 0. The maximum Gasteiger partial charge on any atom is 0.292 e. The zero-order valence-corrected chi connectivity index (χ0v) is 12.5. The van der Waals surface area contributed by atoms with Gasteiger partial charge >= 0.3 is 0 Å². The van der Waals surface area contributed by atoms with Crippen LogP contribution in [0.3, 0.4) is 0 Å². The van der Waals surface area contributed by atoms with Gasteiger partial charge in [0.1, 0.15) is 5.69 Å². The zero-order chi connectivity index (χ0) is 14.1. The molecule has 0 amide bonds. The standard InChI is InChI=1S/C14H22N2O2S/c1-12-7-8-13(14(11-12)16(17)18)15-9-5-3-4-6-10-19-2/h7-8,11,15H,3-6,9-10H2,1-2H3. The molecule has 106 valence electrons. The number of benzene rings is 1. The predicted molar refractivity (Wildman–Crippen MR) is 83.2 cm³/mol. The Labute approximate surface area is 119 Å². The summed E-state index contributed by atoms with van der Waals surface area (Å²) in [6.45, 7) is 2.66. The van der Waals surface area contributed by atoms with E-state index < -0.39 is 0 Å². The van der Waals surface area contributed by atoms with Crippen molar-refractivity contribution in [3.8, 4) is 0 Å². The molecule has 0 radical (unpaired) electrons. The third-order valence-corrected chi connectivity index (χ3v) is 3.64. The van der Waals surface area contributed by atoms with Crippen molar-refractivity contribution in [1.82, 2.24) is 0 Å². The predicted octanol–water partition coefficient (Wildman–Crippen LogP) is 4.24. The van der Waals surface area contributed by atoms with E-state index in [2.05, 4.69) is 11.6 Å². The fraction of sp³-hybridized carbons (Fsp3) is 0.571. The van der Waals surface area contributed by atoms with Crippen LogP contribution in [0.25, 0.3) is 0 Å². The van der Waals surface area contributed by atoms with Crippen LogP contribution < -0.4 is 5.32 Å². The third kappa shape index (κ3) is 5.96. The molecule has 1 aromatic carbocycles. The van der Waals surface area contributed by atoms with Crippen molar-refractivity contribution in [1.29, 1.82) is 0 Å².